The van der Waals surface area contributed by atoms with Gasteiger partial charge in [0, 0.05) is 13.0 Å². The molecule has 1 aromatic carbocycles. The summed E-state index contributed by atoms with van der Waals surface area (Å²) >= 11 is 0. The lowest BCUT2D eigenvalue weighted by atomic mass is 10.1. The third kappa shape index (κ3) is 2.05. The molecule has 0 aromatic heterocycles. The molecule has 0 aliphatic carbocycles. The number of carbonyl (C=O) groups is 1. The van der Waals surface area contributed by atoms with Gasteiger partial charge in [0.2, 0.25) is 5.91 Å². The summed E-state index contributed by atoms with van der Waals surface area (Å²) in [5.41, 5.74) is 4.94. The van der Waals surface area contributed by atoms with Crippen LogP contribution in [-0.2, 0) is 4.79 Å². The molecule has 1 saturated heterocycles. The molecule has 1 amide bonds. The van der Waals surface area contributed by atoms with Crippen LogP contribution in [0.3, 0.4) is 0 Å². The lowest BCUT2D eigenvalue weighted by molar-refractivity contribution is -0.117. The van der Waals surface area contributed by atoms with Crippen molar-refractivity contribution in [1.82, 2.24) is 0 Å². The number of hydrogen-bond donors (Lipinski definition) is 1. The standard InChI is InChI=1S/C12H11F2N3O/c13-9-1-7(4-15)2-10(14)12(9)17-6-8(5-16)3-11(17)18/h1-2,8H,3,5-6,16H2. The Bertz CT molecular complexity index is 516. The Hall–Kier alpha value is -2.00. The number of carbonyl (C=O) groups excluding carboxylic acids is 1. The zero-order chi connectivity index (χ0) is 13.3. The predicted octanol–water partition coefficient (Wildman–Crippen LogP) is 1.15. The molecule has 1 atom stereocenters. The highest BCUT2D eigenvalue weighted by molar-refractivity contribution is 5.96. The molecule has 0 radical (unpaired) electrons. The van der Waals surface area contributed by atoms with E-state index in [1.165, 1.54) is 0 Å². The SMILES string of the molecule is N#Cc1cc(F)c(N2CC(CN)CC2=O)c(F)c1. The second-order valence-corrected chi connectivity index (χ2v) is 4.21. The number of amides is 1. The van der Waals surface area contributed by atoms with Crippen LogP contribution in [0.25, 0.3) is 0 Å². The molecule has 1 heterocycles. The topological polar surface area (TPSA) is 70.1 Å². The molecule has 1 aliphatic rings. The Morgan fingerprint density at radius 3 is 2.50 bits per heavy atom. The highest BCUT2D eigenvalue weighted by Crippen LogP contribution is 2.30. The van der Waals surface area contributed by atoms with Crippen LogP contribution in [0.15, 0.2) is 12.1 Å². The van der Waals surface area contributed by atoms with Gasteiger partial charge in [-0.05, 0) is 24.6 Å². The number of nitrogens with two attached hydrogens (primary N) is 1. The second kappa shape index (κ2) is 4.70. The number of nitrogens with zero attached hydrogens (tertiary/aromatic N) is 2. The number of hydrogen-bond acceptors (Lipinski definition) is 3. The first-order chi connectivity index (χ1) is 8.56. The molecule has 1 aliphatic heterocycles. The summed E-state index contributed by atoms with van der Waals surface area (Å²) in [6.07, 6.45) is 0.190. The van der Waals surface area contributed by atoms with Crippen LogP contribution in [0.2, 0.25) is 0 Å². The van der Waals surface area contributed by atoms with Gasteiger partial charge in [0.05, 0.1) is 11.6 Å². The molecule has 6 heteroatoms. The Kier molecular flexibility index (Phi) is 3.26. The van der Waals surface area contributed by atoms with E-state index in [4.69, 9.17) is 11.0 Å². The van der Waals surface area contributed by atoms with E-state index in [0.717, 1.165) is 17.0 Å². The predicted molar refractivity (Wildman–Crippen MR) is 60.6 cm³/mol. The van der Waals surface area contributed by atoms with Gasteiger partial charge in [0.15, 0.2) is 11.6 Å². The fourth-order valence-corrected chi connectivity index (χ4v) is 2.04. The van der Waals surface area contributed by atoms with Crippen LogP contribution in [0.1, 0.15) is 12.0 Å². The largest absolute Gasteiger partial charge is 0.330 e. The summed E-state index contributed by atoms with van der Waals surface area (Å²) in [5, 5.41) is 8.59. The van der Waals surface area contributed by atoms with Crippen molar-refractivity contribution in [1.29, 1.82) is 5.26 Å². The van der Waals surface area contributed by atoms with Gasteiger partial charge in [-0.3, -0.25) is 4.79 Å². The van der Waals surface area contributed by atoms with Crippen molar-refractivity contribution in [3.8, 4) is 6.07 Å². The number of rotatable bonds is 2. The second-order valence-electron chi connectivity index (χ2n) is 4.21. The summed E-state index contributed by atoms with van der Waals surface area (Å²) in [4.78, 5) is 12.7. The highest BCUT2D eigenvalue weighted by atomic mass is 19.1. The van der Waals surface area contributed by atoms with Gasteiger partial charge in [-0.1, -0.05) is 0 Å². The summed E-state index contributed by atoms with van der Waals surface area (Å²) in [7, 11) is 0. The fourth-order valence-electron chi connectivity index (χ4n) is 2.04. The average Bonchev–Trinajstić information content (AvgIpc) is 2.70. The maximum atomic E-state index is 13.7. The number of halogens is 2. The monoisotopic (exact) mass is 251 g/mol. The Labute approximate surface area is 103 Å². The summed E-state index contributed by atoms with van der Waals surface area (Å²) in [6, 6.07) is 3.49. The van der Waals surface area contributed by atoms with Crippen LogP contribution in [-0.4, -0.2) is 19.0 Å². The van der Waals surface area contributed by atoms with E-state index in [1.54, 1.807) is 6.07 Å². The maximum absolute atomic E-state index is 13.7. The van der Waals surface area contributed by atoms with Crippen LogP contribution in [0.5, 0.6) is 0 Å². The lowest BCUT2D eigenvalue weighted by Crippen LogP contribution is -2.27. The number of anilines is 1. The van der Waals surface area contributed by atoms with Gasteiger partial charge < -0.3 is 10.6 Å². The summed E-state index contributed by atoms with van der Waals surface area (Å²) in [6.45, 7) is 0.497. The molecule has 0 bridgehead atoms. The van der Waals surface area contributed by atoms with E-state index in [1.807, 2.05) is 0 Å². The first kappa shape index (κ1) is 12.5. The smallest absolute Gasteiger partial charge is 0.227 e. The minimum atomic E-state index is -0.905. The molecular formula is C12H11F2N3O. The van der Waals surface area contributed by atoms with Gasteiger partial charge in [-0.25, -0.2) is 8.78 Å². The molecule has 18 heavy (non-hydrogen) atoms. The minimum Gasteiger partial charge on any atom is -0.330 e. The molecule has 0 saturated carbocycles. The van der Waals surface area contributed by atoms with Crippen molar-refractivity contribution in [2.75, 3.05) is 18.0 Å². The first-order valence-electron chi connectivity index (χ1n) is 5.46. The average molecular weight is 251 g/mol. The van der Waals surface area contributed by atoms with Crippen LogP contribution in [0.4, 0.5) is 14.5 Å². The Morgan fingerprint density at radius 2 is 2.06 bits per heavy atom. The molecule has 2 rings (SSSR count). The molecule has 4 nitrogen and oxygen atoms in total. The summed E-state index contributed by atoms with van der Waals surface area (Å²) < 4.78 is 27.5. The normalized spacial score (nSPS) is 19.1. The molecule has 94 valence electrons. The molecule has 1 aromatic rings. The van der Waals surface area contributed by atoms with E-state index in [0.29, 0.717) is 6.54 Å². The van der Waals surface area contributed by atoms with Gasteiger partial charge in [-0.2, -0.15) is 5.26 Å². The van der Waals surface area contributed by atoms with Gasteiger partial charge >= 0.3 is 0 Å². The third-order valence-electron chi connectivity index (χ3n) is 2.95. The maximum Gasteiger partial charge on any atom is 0.227 e. The molecule has 0 spiro atoms. The van der Waals surface area contributed by atoms with E-state index in [9.17, 15) is 13.6 Å². The first-order valence-corrected chi connectivity index (χ1v) is 5.46. The Morgan fingerprint density at radius 1 is 1.44 bits per heavy atom. The van der Waals surface area contributed by atoms with E-state index in [2.05, 4.69) is 0 Å². The highest BCUT2D eigenvalue weighted by Gasteiger charge is 2.33. The van der Waals surface area contributed by atoms with Gasteiger partial charge in [0.25, 0.3) is 0 Å². The zero-order valence-electron chi connectivity index (χ0n) is 9.49. The summed E-state index contributed by atoms with van der Waals surface area (Å²) in [5.74, 6) is -2.25. The number of nitriles is 1. The van der Waals surface area contributed by atoms with Crippen LogP contribution in [0, 0.1) is 28.9 Å². The molecule has 1 unspecified atom stereocenters. The molecule has 1 fully saturated rings. The van der Waals surface area contributed by atoms with Crippen molar-refractivity contribution in [2.24, 2.45) is 11.7 Å². The lowest BCUT2D eigenvalue weighted by Gasteiger charge is -2.18. The van der Waals surface area contributed by atoms with Crippen molar-refractivity contribution in [3.63, 3.8) is 0 Å². The van der Waals surface area contributed by atoms with Crippen LogP contribution >= 0.6 is 0 Å². The van der Waals surface area contributed by atoms with Crippen molar-refractivity contribution in [3.05, 3.63) is 29.3 Å². The molecular weight excluding hydrogens is 240 g/mol. The Balaban J connectivity index is 2.41. The zero-order valence-corrected chi connectivity index (χ0v) is 9.49. The number of benzene rings is 1. The minimum absolute atomic E-state index is 0.0908. The van der Waals surface area contributed by atoms with Crippen molar-refractivity contribution in [2.45, 2.75) is 6.42 Å². The fraction of sp³-hybridized carbons (Fsp3) is 0.333. The van der Waals surface area contributed by atoms with Crippen molar-refractivity contribution >= 4 is 11.6 Å². The quantitative estimate of drug-likeness (QED) is 0.857. The van der Waals surface area contributed by atoms with E-state index >= 15 is 0 Å². The van der Waals surface area contributed by atoms with Crippen molar-refractivity contribution < 1.29 is 13.6 Å². The van der Waals surface area contributed by atoms with Crippen LogP contribution < -0.4 is 10.6 Å². The molecule has 2 N–H and O–H groups in total. The third-order valence-corrected chi connectivity index (χ3v) is 2.95. The van der Waals surface area contributed by atoms with Gasteiger partial charge in [0.1, 0.15) is 5.69 Å². The van der Waals surface area contributed by atoms with Gasteiger partial charge in [-0.15, -0.1) is 0 Å². The van der Waals surface area contributed by atoms with E-state index in [-0.39, 0.29) is 30.4 Å². The van der Waals surface area contributed by atoms with E-state index < -0.39 is 17.3 Å².